The minimum absolute atomic E-state index is 0.0844. The lowest BCUT2D eigenvalue weighted by Crippen LogP contribution is -2.26. The van der Waals surface area contributed by atoms with Gasteiger partial charge in [0.2, 0.25) is 0 Å². The number of phenols is 2. The molecule has 0 saturated heterocycles. The van der Waals surface area contributed by atoms with Crippen molar-refractivity contribution >= 4 is 5.91 Å². The first-order valence-corrected chi connectivity index (χ1v) is 10.8. The van der Waals surface area contributed by atoms with Gasteiger partial charge in [-0.3, -0.25) is 4.79 Å². The predicted molar refractivity (Wildman–Crippen MR) is 121 cm³/mol. The number of ether oxygens (including phenoxy) is 1. The van der Waals surface area contributed by atoms with E-state index in [1.165, 1.54) is 31.4 Å². The van der Waals surface area contributed by atoms with E-state index in [2.05, 4.69) is 26.1 Å². The maximum atomic E-state index is 12.7. The Kier molecular flexibility index (Phi) is 8.58. The molecule has 0 aliphatic carbocycles. The number of phenolic OH excluding ortho intramolecular Hbond substituents is 2. The van der Waals surface area contributed by atoms with Gasteiger partial charge >= 0.3 is 0 Å². The van der Waals surface area contributed by atoms with E-state index in [1.54, 1.807) is 19.2 Å². The molecule has 5 heteroatoms. The monoisotopic (exact) mass is 413 g/mol. The maximum absolute atomic E-state index is 12.7. The van der Waals surface area contributed by atoms with Crippen LogP contribution in [0.25, 0.3) is 0 Å². The quantitative estimate of drug-likeness (QED) is 0.344. The number of carbonyl (C=O) groups excluding carboxylic acids is 1. The summed E-state index contributed by atoms with van der Waals surface area (Å²) in [7, 11) is 1.67. The molecule has 2 aromatic carbocycles. The Labute approximate surface area is 180 Å². The van der Waals surface area contributed by atoms with Crippen LogP contribution in [0.4, 0.5) is 0 Å². The summed E-state index contributed by atoms with van der Waals surface area (Å²) in [6, 6.07) is 10.3. The van der Waals surface area contributed by atoms with Gasteiger partial charge in [-0.15, -0.1) is 0 Å². The van der Waals surface area contributed by atoms with Crippen molar-refractivity contribution in [2.24, 2.45) is 0 Å². The highest BCUT2D eigenvalue weighted by molar-refractivity contribution is 5.94. The van der Waals surface area contributed by atoms with Crippen LogP contribution in [0.3, 0.4) is 0 Å². The largest absolute Gasteiger partial charge is 0.504 e. The maximum Gasteiger partial charge on any atom is 0.251 e. The summed E-state index contributed by atoms with van der Waals surface area (Å²) in [5.74, 6) is 0.376. The molecule has 3 N–H and O–H groups in total. The van der Waals surface area contributed by atoms with E-state index < -0.39 is 0 Å². The lowest BCUT2D eigenvalue weighted by molar-refractivity contribution is 0.0954. The number of methoxy groups -OCH3 is 1. The second-order valence-electron chi connectivity index (χ2n) is 8.44. The molecule has 164 valence electrons. The fourth-order valence-electron chi connectivity index (χ4n) is 3.65. The van der Waals surface area contributed by atoms with Gasteiger partial charge in [-0.2, -0.15) is 0 Å². The Morgan fingerprint density at radius 2 is 1.80 bits per heavy atom. The minimum Gasteiger partial charge on any atom is -0.504 e. The van der Waals surface area contributed by atoms with E-state index in [-0.39, 0.29) is 22.8 Å². The third kappa shape index (κ3) is 6.41. The molecule has 5 nitrogen and oxygen atoms in total. The van der Waals surface area contributed by atoms with Crippen LogP contribution in [-0.4, -0.2) is 29.8 Å². The van der Waals surface area contributed by atoms with Crippen LogP contribution in [0, 0.1) is 0 Å². The molecule has 0 radical (unpaired) electrons. The van der Waals surface area contributed by atoms with Crippen molar-refractivity contribution < 1.29 is 19.7 Å². The van der Waals surface area contributed by atoms with Crippen LogP contribution >= 0.6 is 0 Å². The zero-order valence-electron chi connectivity index (χ0n) is 18.6. The first-order chi connectivity index (χ1) is 14.3. The Balaban J connectivity index is 2.04. The Morgan fingerprint density at radius 1 is 1.03 bits per heavy atom. The molecule has 0 spiro atoms. The van der Waals surface area contributed by atoms with Gasteiger partial charge in [-0.25, -0.2) is 0 Å². The molecule has 1 amide bonds. The van der Waals surface area contributed by atoms with Gasteiger partial charge in [-0.1, -0.05) is 52.5 Å². The summed E-state index contributed by atoms with van der Waals surface area (Å²) in [6.45, 7) is 7.05. The molecule has 0 aliphatic rings. The fraction of sp³-hybridized carbons (Fsp3) is 0.480. The van der Waals surface area contributed by atoms with Crippen LogP contribution in [-0.2, 0) is 11.8 Å². The van der Waals surface area contributed by atoms with Crippen LogP contribution in [0.2, 0.25) is 0 Å². The summed E-state index contributed by atoms with van der Waals surface area (Å²) in [5, 5.41) is 21.9. The average molecular weight is 414 g/mol. The van der Waals surface area contributed by atoms with E-state index in [1.807, 2.05) is 12.1 Å². The second-order valence-corrected chi connectivity index (χ2v) is 8.44. The number of benzene rings is 2. The number of nitrogens with one attached hydrogen (secondary N) is 1. The first kappa shape index (κ1) is 23.6. The fourth-order valence-corrected chi connectivity index (χ4v) is 3.65. The van der Waals surface area contributed by atoms with Gasteiger partial charge in [0, 0.05) is 17.7 Å². The van der Waals surface area contributed by atoms with Gasteiger partial charge in [0.1, 0.15) is 5.75 Å². The Bertz CT molecular complexity index is 845. The highest BCUT2D eigenvalue weighted by Crippen LogP contribution is 2.36. The summed E-state index contributed by atoms with van der Waals surface area (Å²) >= 11 is 0. The molecule has 0 aliphatic heterocycles. The molecule has 2 rings (SSSR count). The number of hydrogen-bond acceptors (Lipinski definition) is 4. The van der Waals surface area contributed by atoms with Gasteiger partial charge in [0.25, 0.3) is 5.91 Å². The highest BCUT2D eigenvalue weighted by atomic mass is 16.5. The van der Waals surface area contributed by atoms with E-state index >= 15 is 0 Å². The van der Waals surface area contributed by atoms with Crippen molar-refractivity contribution in [2.75, 3.05) is 13.7 Å². The van der Waals surface area contributed by atoms with Crippen LogP contribution in [0.5, 0.6) is 17.2 Å². The zero-order chi connectivity index (χ0) is 22.1. The highest BCUT2D eigenvalue weighted by Gasteiger charge is 2.25. The molecular weight excluding hydrogens is 378 g/mol. The third-order valence-corrected chi connectivity index (χ3v) is 5.59. The van der Waals surface area contributed by atoms with E-state index in [4.69, 9.17) is 4.74 Å². The number of aromatic hydroxyl groups is 2. The van der Waals surface area contributed by atoms with E-state index in [0.29, 0.717) is 18.5 Å². The molecule has 0 atom stereocenters. The molecule has 2 aromatic rings. The van der Waals surface area contributed by atoms with Crippen molar-refractivity contribution in [1.82, 2.24) is 5.32 Å². The van der Waals surface area contributed by atoms with Crippen LogP contribution < -0.4 is 10.1 Å². The SMILES string of the molecule is CCCCCCC(C)(C)c1cc(C(=O)NCCc2ccc(O)c(O)c2)ccc1OC. The smallest absolute Gasteiger partial charge is 0.251 e. The summed E-state index contributed by atoms with van der Waals surface area (Å²) in [6.07, 6.45) is 6.43. The number of hydrogen-bond donors (Lipinski definition) is 3. The molecule has 0 heterocycles. The van der Waals surface area contributed by atoms with E-state index in [0.717, 1.165) is 29.7 Å². The van der Waals surface area contributed by atoms with Gasteiger partial charge in [0.05, 0.1) is 7.11 Å². The number of amides is 1. The van der Waals surface area contributed by atoms with Gasteiger partial charge in [0.15, 0.2) is 11.5 Å². The predicted octanol–water partition coefficient (Wildman–Crippen LogP) is 5.33. The summed E-state index contributed by atoms with van der Waals surface area (Å²) in [4.78, 5) is 12.7. The second kappa shape index (κ2) is 10.9. The number of carbonyl (C=O) groups is 1. The molecule has 30 heavy (non-hydrogen) atoms. The normalized spacial score (nSPS) is 11.3. The van der Waals surface area contributed by atoms with E-state index in [9.17, 15) is 15.0 Å². The Morgan fingerprint density at radius 3 is 2.47 bits per heavy atom. The summed E-state index contributed by atoms with van der Waals surface area (Å²) < 4.78 is 5.58. The zero-order valence-corrected chi connectivity index (χ0v) is 18.6. The topological polar surface area (TPSA) is 78.8 Å². The minimum atomic E-state index is -0.153. The molecule has 0 aromatic heterocycles. The summed E-state index contributed by atoms with van der Waals surface area (Å²) in [5.41, 5.74) is 2.42. The third-order valence-electron chi connectivity index (χ3n) is 5.59. The standard InChI is InChI=1S/C25H35NO4/c1-5-6-7-8-14-25(2,3)20-17-19(10-12-23(20)30-4)24(29)26-15-13-18-9-11-21(27)22(28)16-18/h9-12,16-17,27-28H,5-8,13-15H2,1-4H3,(H,26,29). The van der Waals surface area contributed by atoms with Crippen molar-refractivity contribution in [3.63, 3.8) is 0 Å². The van der Waals surface area contributed by atoms with Crippen molar-refractivity contribution in [1.29, 1.82) is 0 Å². The van der Waals surface area contributed by atoms with Crippen LogP contribution in [0.15, 0.2) is 36.4 Å². The number of unbranched alkanes of at least 4 members (excludes halogenated alkanes) is 3. The molecule has 0 saturated carbocycles. The van der Waals surface area contributed by atoms with Gasteiger partial charge < -0.3 is 20.3 Å². The van der Waals surface area contributed by atoms with Gasteiger partial charge in [-0.05, 0) is 54.2 Å². The molecule has 0 unspecified atom stereocenters. The van der Waals surface area contributed by atoms with Crippen molar-refractivity contribution in [3.05, 3.63) is 53.1 Å². The van der Waals surface area contributed by atoms with Crippen LogP contribution in [0.1, 0.15) is 74.4 Å². The Hall–Kier alpha value is -2.69. The molecular formula is C25H35NO4. The first-order valence-electron chi connectivity index (χ1n) is 10.8. The van der Waals surface area contributed by atoms with Crippen molar-refractivity contribution in [2.45, 2.75) is 64.7 Å². The number of rotatable bonds is 11. The lowest BCUT2D eigenvalue weighted by Gasteiger charge is -2.28. The lowest BCUT2D eigenvalue weighted by atomic mass is 9.78. The molecule has 0 fully saturated rings. The van der Waals surface area contributed by atoms with Crippen molar-refractivity contribution in [3.8, 4) is 17.2 Å². The molecule has 0 bridgehead atoms. The average Bonchev–Trinajstić information content (AvgIpc) is 2.73.